The number of amides is 1. The molecule has 0 unspecified atom stereocenters. The van der Waals surface area contributed by atoms with Crippen LogP contribution in [0.4, 0.5) is 0 Å². The van der Waals surface area contributed by atoms with E-state index in [9.17, 15) is 4.79 Å². The van der Waals surface area contributed by atoms with Crippen LogP contribution in [0.1, 0.15) is 81.3 Å². The van der Waals surface area contributed by atoms with E-state index >= 15 is 0 Å². The van der Waals surface area contributed by atoms with Crippen LogP contribution in [0.25, 0.3) is 0 Å². The number of carbonyl (C=O) groups excluding carboxylic acids is 1. The van der Waals surface area contributed by atoms with Crippen molar-refractivity contribution < 1.29 is 4.79 Å². The molecule has 1 N–H and O–H groups in total. The lowest BCUT2D eigenvalue weighted by molar-refractivity contribution is -0.125. The summed E-state index contributed by atoms with van der Waals surface area (Å²) in [4.78, 5) is 18.7. The molecule has 2 aliphatic heterocycles. The van der Waals surface area contributed by atoms with Gasteiger partial charge in [-0.3, -0.25) is 9.69 Å². The maximum Gasteiger partial charge on any atom is 0.221 e. The zero-order chi connectivity index (χ0) is 25.2. The molecule has 2 heterocycles. The molecule has 5 aliphatic rings. The summed E-state index contributed by atoms with van der Waals surface area (Å²) in [5.74, 6) is 2.45. The van der Waals surface area contributed by atoms with Gasteiger partial charge in [0.25, 0.3) is 0 Å². The summed E-state index contributed by atoms with van der Waals surface area (Å²) < 4.78 is 0. The van der Waals surface area contributed by atoms with E-state index in [0.29, 0.717) is 24.2 Å². The highest BCUT2D eigenvalue weighted by molar-refractivity contribution is 5.76. The van der Waals surface area contributed by atoms with Gasteiger partial charge >= 0.3 is 0 Å². The predicted molar refractivity (Wildman–Crippen MR) is 151 cm³/mol. The summed E-state index contributed by atoms with van der Waals surface area (Å²) in [7, 11) is 0. The van der Waals surface area contributed by atoms with Gasteiger partial charge in [-0.2, -0.15) is 0 Å². The minimum atomic E-state index is 0.156. The van der Waals surface area contributed by atoms with Crippen LogP contribution in [0, 0.1) is 11.8 Å². The Bertz CT molecular complexity index is 977. The molecule has 3 aliphatic carbocycles. The van der Waals surface area contributed by atoms with Crippen molar-refractivity contribution in [1.29, 1.82) is 0 Å². The summed E-state index contributed by atoms with van der Waals surface area (Å²) >= 11 is 0. The van der Waals surface area contributed by atoms with E-state index in [1.54, 1.807) is 0 Å². The number of fused-ring (bicyclic) bond motifs is 3. The minimum absolute atomic E-state index is 0.156. The Morgan fingerprint density at radius 1 is 0.838 bits per heavy atom. The van der Waals surface area contributed by atoms with E-state index in [0.717, 1.165) is 32.0 Å². The lowest BCUT2D eigenvalue weighted by Gasteiger charge is -2.63. The van der Waals surface area contributed by atoms with Gasteiger partial charge in [-0.25, -0.2) is 0 Å². The summed E-state index contributed by atoms with van der Waals surface area (Å²) in [5.41, 5.74) is 3.07. The summed E-state index contributed by atoms with van der Waals surface area (Å²) in [6, 6.07) is 22.7. The van der Waals surface area contributed by atoms with Gasteiger partial charge in [0.1, 0.15) is 0 Å². The molecule has 2 saturated heterocycles. The van der Waals surface area contributed by atoms with Crippen molar-refractivity contribution in [3.05, 3.63) is 71.8 Å². The van der Waals surface area contributed by atoms with Crippen molar-refractivity contribution >= 4 is 5.91 Å². The van der Waals surface area contributed by atoms with Crippen LogP contribution < -0.4 is 5.32 Å². The maximum absolute atomic E-state index is 13.4. The average molecular weight is 500 g/mol. The molecule has 37 heavy (non-hydrogen) atoms. The third-order valence-corrected chi connectivity index (χ3v) is 10.3. The Labute approximate surface area is 223 Å². The first kappa shape index (κ1) is 25.1. The van der Waals surface area contributed by atoms with Crippen LogP contribution in [-0.4, -0.2) is 60.0 Å². The number of carbonyl (C=O) groups is 1. The Balaban J connectivity index is 1.33. The van der Waals surface area contributed by atoms with Crippen molar-refractivity contribution in [2.75, 3.05) is 32.7 Å². The molecule has 3 saturated carbocycles. The molecule has 0 aromatic heterocycles. The number of piperidine rings is 1. The van der Waals surface area contributed by atoms with Gasteiger partial charge in [0.15, 0.2) is 0 Å². The summed E-state index contributed by atoms with van der Waals surface area (Å²) in [6.07, 6.45) is 9.33. The van der Waals surface area contributed by atoms with Crippen molar-refractivity contribution in [3.8, 4) is 0 Å². The third kappa shape index (κ3) is 5.25. The Hall–Kier alpha value is -2.17. The molecule has 3 atom stereocenters. The van der Waals surface area contributed by atoms with Crippen LogP contribution >= 0.6 is 0 Å². The first-order valence-electron chi connectivity index (χ1n) is 15.0. The zero-order valence-corrected chi connectivity index (χ0v) is 22.7. The standard InChI is InChI=1S/C33H45N3O/c1-25-14-20-36(21-15-25)33-22-28(26-10-4-2-5-11-26)32(29(23-33)27-12-6-3-7-13-27)30(24-33)34-31(37)16-19-35-17-8-9-18-35/h2-7,10-13,25,28-30,32H,8-9,14-24H2,1H3,(H,34,37)/t28-,29-,30-,32?,33?/m0/s1. The maximum atomic E-state index is 13.4. The second kappa shape index (κ2) is 10.9. The Morgan fingerprint density at radius 3 is 1.97 bits per heavy atom. The van der Waals surface area contributed by atoms with E-state index in [4.69, 9.17) is 0 Å². The molecular formula is C33H45N3O. The van der Waals surface area contributed by atoms with E-state index in [-0.39, 0.29) is 17.5 Å². The third-order valence-electron chi connectivity index (χ3n) is 10.3. The molecule has 2 aromatic carbocycles. The largest absolute Gasteiger partial charge is 0.353 e. The van der Waals surface area contributed by atoms with Crippen molar-refractivity contribution in [2.45, 2.75) is 81.7 Å². The smallest absolute Gasteiger partial charge is 0.221 e. The van der Waals surface area contributed by atoms with Gasteiger partial charge in [-0.1, -0.05) is 67.6 Å². The monoisotopic (exact) mass is 499 g/mol. The molecule has 0 radical (unpaired) electrons. The number of nitrogens with zero attached hydrogens (tertiary/aromatic N) is 2. The highest BCUT2D eigenvalue weighted by atomic mass is 16.1. The molecule has 0 spiro atoms. The molecule has 1 amide bonds. The average Bonchev–Trinajstić information content (AvgIpc) is 3.47. The quantitative estimate of drug-likeness (QED) is 0.522. The topological polar surface area (TPSA) is 35.6 Å². The Kier molecular flexibility index (Phi) is 7.40. The van der Waals surface area contributed by atoms with Crippen LogP contribution in [-0.2, 0) is 4.79 Å². The van der Waals surface area contributed by atoms with Crippen molar-refractivity contribution in [1.82, 2.24) is 15.1 Å². The fourth-order valence-corrected chi connectivity index (χ4v) is 8.37. The number of hydrogen-bond acceptors (Lipinski definition) is 3. The summed E-state index contributed by atoms with van der Waals surface area (Å²) in [6.45, 7) is 8.03. The molecule has 5 fully saturated rings. The van der Waals surface area contributed by atoms with E-state index in [1.807, 2.05) is 0 Å². The molecular weight excluding hydrogens is 454 g/mol. The second-order valence-electron chi connectivity index (χ2n) is 12.6. The van der Waals surface area contributed by atoms with Crippen molar-refractivity contribution in [2.24, 2.45) is 11.8 Å². The number of likely N-dealkylation sites (tertiary alicyclic amines) is 2. The molecule has 4 nitrogen and oxygen atoms in total. The van der Waals surface area contributed by atoms with Gasteiger partial charge < -0.3 is 10.2 Å². The van der Waals surface area contributed by atoms with Crippen LogP contribution in [0.15, 0.2) is 60.7 Å². The number of rotatable bonds is 7. The van der Waals surface area contributed by atoms with Gasteiger partial charge in [0, 0.05) is 24.5 Å². The van der Waals surface area contributed by atoms with Gasteiger partial charge in [0.05, 0.1) is 0 Å². The van der Waals surface area contributed by atoms with Gasteiger partial charge in [-0.05, 0) is 106 Å². The number of hydrogen-bond donors (Lipinski definition) is 1. The first-order chi connectivity index (χ1) is 18.1. The zero-order valence-electron chi connectivity index (χ0n) is 22.7. The fourth-order valence-electron chi connectivity index (χ4n) is 8.37. The highest BCUT2D eigenvalue weighted by Gasteiger charge is 2.58. The number of benzene rings is 2. The SMILES string of the molecule is CC1CCN(C23C[C@H](NC(=O)CCN4CCCC4)C([C@H](c4ccccc4)C2)[C@H](c2ccccc2)C3)CC1. The molecule has 4 heteroatoms. The Morgan fingerprint density at radius 2 is 1.41 bits per heavy atom. The van der Waals surface area contributed by atoms with Crippen LogP contribution in [0.2, 0.25) is 0 Å². The van der Waals surface area contributed by atoms with Crippen LogP contribution in [0.5, 0.6) is 0 Å². The van der Waals surface area contributed by atoms with Gasteiger partial charge in [-0.15, -0.1) is 0 Å². The van der Waals surface area contributed by atoms with E-state index in [1.165, 1.54) is 62.7 Å². The fraction of sp³-hybridized carbons (Fsp3) is 0.606. The molecule has 198 valence electrons. The van der Waals surface area contributed by atoms with Crippen LogP contribution in [0.3, 0.4) is 0 Å². The first-order valence-corrected chi connectivity index (χ1v) is 15.0. The lowest BCUT2D eigenvalue weighted by Crippen LogP contribution is -2.66. The van der Waals surface area contributed by atoms with Gasteiger partial charge in [0.2, 0.25) is 5.91 Å². The molecule has 2 bridgehead atoms. The van der Waals surface area contributed by atoms with Crippen molar-refractivity contribution in [3.63, 3.8) is 0 Å². The molecule has 2 aromatic rings. The normalized spacial score (nSPS) is 33.0. The van der Waals surface area contributed by atoms with E-state index in [2.05, 4.69) is 82.7 Å². The summed E-state index contributed by atoms with van der Waals surface area (Å²) in [5, 5.41) is 3.65. The predicted octanol–water partition coefficient (Wildman–Crippen LogP) is 5.81. The van der Waals surface area contributed by atoms with E-state index < -0.39 is 0 Å². The minimum Gasteiger partial charge on any atom is -0.353 e. The molecule has 7 rings (SSSR count). The second-order valence-corrected chi connectivity index (χ2v) is 12.6. The lowest BCUT2D eigenvalue weighted by atomic mass is 9.50. The number of nitrogens with one attached hydrogen (secondary N) is 1. The highest BCUT2D eigenvalue weighted by Crippen LogP contribution is 2.60.